The highest BCUT2D eigenvalue weighted by molar-refractivity contribution is 7.88. The van der Waals surface area contributed by atoms with Gasteiger partial charge in [-0.15, -0.1) is 0 Å². The van der Waals surface area contributed by atoms with Gasteiger partial charge in [0.2, 0.25) is 15.9 Å². The number of hydrogen-bond acceptors (Lipinski definition) is 4. The summed E-state index contributed by atoms with van der Waals surface area (Å²) in [5.74, 6) is 0.972. The number of amides is 1. The van der Waals surface area contributed by atoms with Crippen molar-refractivity contribution in [2.75, 3.05) is 18.1 Å². The fourth-order valence-electron chi connectivity index (χ4n) is 2.26. The van der Waals surface area contributed by atoms with E-state index in [1.807, 2.05) is 30.3 Å². The Labute approximate surface area is 148 Å². The van der Waals surface area contributed by atoms with E-state index in [1.54, 1.807) is 38.1 Å². The number of nitrogens with one attached hydrogen (secondary N) is 1. The zero-order chi connectivity index (χ0) is 18.4. The lowest BCUT2D eigenvalue weighted by Crippen LogP contribution is -2.41. The summed E-state index contributed by atoms with van der Waals surface area (Å²) >= 11 is 0. The van der Waals surface area contributed by atoms with Gasteiger partial charge in [0.15, 0.2) is 0 Å². The molecule has 2 aromatic carbocycles. The normalized spacial score (nSPS) is 11.6. The first-order chi connectivity index (χ1) is 11.8. The predicted octanol–water partition coefficient (Wildman–Crippen LogP) is 3.09. The molecule has 6 nitrogen and oxygen atoms in total. The van der Waals surface area contributed by atoms with Crippen molar-refractivity contribution in [3.63, 3.8) is 0 Å². The number of benzene rings is 2. The van der Waals surface area contributed by atoms with Crippen molar-refractivity contribution in [2.45, 2.75) is 19.9 Å². The predicted molar refractivity (Wildman–Crippen MR) is 98.3 cm³/mol. The Morgan fingerprint density at radius 2 is 1.60 bits per heavy atom. The van der Waals surface area contributed by atoms with Gasteiger partial charge in [-0.05, 0) is 50.2 Å². The van der Waals surface area contributed by atoms with Crippen molar-refractivity contribution in [1.82, 2.24) is 4.31 Å². The van der Waals surface area contributed by atoms with Crippen LogP contribution in [0.1, 0.15) is 13.8 Å². The van der Waals surface area contributed by atoms with E-state index in [0.717, 1.165) is 16.3 Å². The number of hydrogen-bond donors (Lipinski definition) is 1. The highest BCUT2D eigenvalue weighted by Gasteiger charge is 2.23. The average molecular weight is 362 g/mol. The fourth-order valence-corrected chi connectivity index (χ4v) is 3.37. The third kappa shape index (κ3) is 5.88. The van der Waals surface area contributed by atoms with Gasteiger partial charge in [-0.2, -0.15) is 4.31 Å². The molecule has 1 amide bonds. The van der Waals surface area contributed by atoms with E-state index in [-0.39, 0.29) is 12.6 Å². The van der Waals surface area contributed by atoms with Crippen LogP contribution in [-0.2, 0) is 14.8 Å². The lowest BCUT2D eigenvalue weighted by molar-refractivity contribution is -0.116. The van der Waals surface area contributed by atoms with Crippen molar-refractivity contribution in [3.05, 3.63) is 54.6 Å². The lowest BCUT2D eigenvalue weighted by atomic mass is 10.3. The molecular formula is C18H22N2O4S. The Hall–Kier alpha value is -2.38. The van der Waals surface area contributed by atoms with Gasteiger partial charge in [0.25, 0.3) is 0 Å². The van der Waals surface area contributed by atoms with Gasteiger partial charge >= 0.3 is 0 Å². The standard InChI is InChI=1S/C18H22N2O4S/c1-14(2)20(25(3,22)23)13-18(21)19-15-9-11-17(12-10-15)24-16-7-5-4-6-8-16/h4-12,14H,13H2,1-3H3,(H,19,21). The van der Waals surface area contributed by atoms with Crippen LogP contribution in [0.4, 0.5) is 5.69 Å². The molecule has 0 radical (unpaired) electrons. The number of rotatable bonds is 7. The van der Waals surface area contributed by atoms with Crippen molar-refractivity contribution >= 4 is 21.6 Å². The highest BCUT2D eigenvalue weighted by atomic mass is 32.2. The molecule has 0 aromatic heterocycles. The molecule has 0 atom stereocenters. The van der Waals surface area contributed by atoms with Gasteiger partial charge in [0.1, 0.15) is 11.5 Å². The molecule has 2 aromatic rings. The summed E-state index contributed by atoms with van der Waals surface area (Å²) in [5, 5.41) is 2.69. The van der Waals surface area contributed by atoms with Crippen LogP contribution < -0.4 is 10.1 Å². The number of carbonyl (C=O) groups is 1. The first-order valence-corrected chi connectivity index (χ1v) is 9.70. The first-order valence-electron chi connectivity index (χ1n) is 7.85. The Bertz CT molecular complexity index is 803. The summed E-state index contributed by atoms with van der Waals surface area (Å²) in [4.78, 5) is 12.1. The third-order valence-electron chi connectivity index (χ3n) is 3.42. The van der Waals surface area contributed by atoms with Crippen LogP contribution in [0.3, 0.4) is 0 Å². The molecule has 0 unspecified atom stereocenters. The SMILES string of the molecule is CC(C)N(CC(=O)Nc1ccc(Oc2ccccc2)cc1)S(C)(=O)=O. The van der Waals surface area contributed by atoms with Crippen LogP contribution in [0.5, 0.6) is 11.5 Å². The number of nitrogens with zero attached hydrogens (tertiary/aromatic N) is 1. The number of anilines is 1. The molecule has 0 aliphatic rings. The van der Waals surface area contributed by atoms with Gasteiger partial charge < -0.3 is 10.1 Å². The van der Waals surface area contributed by atoms with E-state index in [9.17, 15) is 13.2 Å². The molecule has 25 heavy (non-hydrogen) atoms. The van der Waals surface area contributed by atoms with Gasteiger partial charge in [0.05, 0.1) is 12.8 Å². The van der Waals surface area contributed by atoms with Crippen LogP contribution in [0, 0.1) is 0 Å². The zero-order valence-electron chi connectivity index (χ0n) is 14.5. The second-order valence-corrected chi connectivity index (χ2v) is 7.82. The Morgan fingerprint density at radius 1 is 1.04 bits per heavy atom. The first kappa shape index (κ1) is 19.0. The molecule has 0 aliphatic heterocycles. The molecule has 2 rings (SSSR count). The number of ether oxygens (including phenoxy) is 1. The summed E-state index contributed by atoms with van der Waals surface area (Å²) in [7, 11) is -3.44. The van der Waals surface area contributed by atoms with Crippen LogP contribution in [0.15, 0.2) is 54.6 Å². The van der Waals surface area contributed by atoms with Crippen molar-refractivity contribution in [2.24, 2.45) is 0 Å². The van der Waals surface area contributed by atoms with E-state index in [2.05, 4.69) is 5.32 Å². The largest absolute Gasteiger partial charge is 0.457 e. The second-order valence-electron chi connectivity index (χ2n) is 5.89. The van der Waals surface area contributed by atoms with E-state index in [0.29, 0.717) is 11.4 Å². The van der Waals surface area contributed by atoms with E-state index in [1.165, 1.54) is 0 Å². The molecular weight excluding hydrogens is 340 g/mol. The van der Waals surface area contributed by atoms with Gasteiger partial charge in [0, 0.05) is 11.7 Å². The van der Waals surface area contributed by atoms with Gasteiger partial charge in [-0.25, -0.2) is 8.42 Å². The third-order valence-corrected chi connectivity index (χ3v) is 4.82. The lowest BCUT2D eigenvalue weighted by Gasteiger charge is -2.23. The number of carbonyl (C=O) groups excluding carboxylic acids is 1. The van der Waals surface area contributed by atoms with Crippen LogP contribution in [-0.4, -0.2) is 37.5 Å². The Morgan fingerprint density at radius 3 is 2.12 bits per heavy atom. The number of sulfonamides is 1. The maximum absolute atomic E-state index is 12.1. The Balaban J connectivity index is 1.97. The topological polar surface area (TPSA) is 75.7 Å². The Kier molecular flexibility index (Phi) is 6.17. The molecule has 1 N–H and O–H groups in total. The fraction of sp³-hybridized carbons (Fsp3) is 0.278. The average Bonchev–Trinajstić information content (AvgIpc) is 2.54. The second kappa shape index (κ2) is 8.13. The summed E-state index contributed by atoms with van der Waals surface area (Å²) in [6.45, 7) is 3.23. The molecule has 0 aliphatic carbocycles. The van der Waals surface area contributed by atoms with E-state index < -0.39 is 15.9 Å². The van der Waals surface area contributed by atoms with Crippen LogP contribution in [0.2, 0.25) is 0 Å². The van der Waals surface area contributed by atoms with Crippen molar-refractivity contribution < 1.29 is 17.9 Å². The maximum Gasteiger partial charge on any atom is 0.239 e. The summed E-state index contributed by atoms with van der Waals surface area (Å²) in [6.07, 6.45) is 1.09. The smallest absolute Gasteiger partial charge is 0.239 e. The van der Waals surface area contributed by atoms with E-state index in [4.69, 9.17) is 4.74 Å². The van der Waals surface area contributed by atoms with Gasteiger partial charge in [-0.1, -0.05) is 18.2 Å². The molecule has 134 valence electrons. The van der Waals surface area contributed by atoms with Crippen LogP contribution in [0.25, 0.3) is 0 Å². The maximum atomic E-state index is 12.1. The minimum Gasteiger partial charge on any atom is -0.457 e. The molecule has 0 saturated carbocycles. The number of para-hydroxylation sites is 1. The monoisotopic (exact) mass is 362 g/mol. The highest BCUT2D eigenvalue weighted by Crippen LogP contribution is 2.22. The van der Waals surface area contributed by atoms with Crippen molar-refractivity contribution in [1.29, 1.82) is 0 Å². The van der Waals surface area contributed by atoms with Gasteiger partial charge in [-0.3, -0.25) is 4.79 Å². The molecule has 0 bridgehead atoms. The molecule has 7 heteroatoms. The zero-order valence-corrected chi connectivity index (χ0v) is 15.3. The molecule has 0 heterocycles. The molecule has 0 spiro atoms. The summed E-state index contributed by atoms with van der Waals surface area (Å²) in [6, 6.07) is 16.0. The van der Waals surface area contributed by atoms with Crippen molar-refractivity contribution in [3.8, 4) is 11.5 Å². The summed E-state index contributed by atoms with van der Waals surface area (Å²) < 4.78 is 30.2. The summed E-state index contributed by atoms with van der Waals surface area (Å²) in [5.41, 5.74) is 0.572. The minimum absolute atomic E-state index is 0.223. The molecule has 0 fully saturated rings. The molecule has 0 saturated heterocycles. The quantitative estimate of drug-likeness (QED) is 0.821. The van der Waals surface area contributed by atoms with Crippen LogP contribution >= 0.6 is 0 Å². The minimum atomic E-state index is -3.44. The van der Waals surface area contributed by atoms with E-state index >= 15 is 0 Å².